The number of benzene rings is 2. The summed E-state index contributed by atoms with van der Waals surface area (Å²) in [6.45, 7) is 1.95. The van der Waals surface area contributed by atoms with Crippen molar-refractivity contribution >= 4 is 11.6 Å². The van der Waals surface area contributed by atoms with Gasteiger partial charge in [0.05, 0.1) is 0 Å². The van der Waals surface area contributed by atoms with Gasteiger partial charge in [-0.3, -0.25) is 4.79 Å². The van der Waals surface area contributed by atoms with Gasteiger partial charge in [-0.05, 0) is 30.2 Å². The summed E-state index contributed by atoms with van der Waals surface area (Å²) in [6.07, 6.45) is -1.15. The molecule has 2 aromatic carbocycles. The topological polar surface area (TPSA) is 49.3 Å². The average Bonchev–Trinajstić information content (AvgIpc) is 2.39. The highest BCUT2D eigenvalue weighted by atomic mass is 16.3. The molecule has 0 radical (unpaired) electrons. The van der Waals surface area contributed by atoms with Gasteiger partial charge in [-0.1, -0.05) is 42.5 Å². The molecule has 0 fully saturated rings. The van der Waals surface area contributed by atoms with Crippen LogP contribution in [0.25, 0.3) is 0 Å². The summed E-state index contributed by atoms with van der Waals surface area (Å²) in [5.74, 6) is -0.424. The van der Waals surface area contributed by atoms with Gasteiger partial charge in [0, 0.05) is 5.69 Å². The number of anilines is 1. The first-order valence-corrected chi connectivity index (χ1v) is 5.77. The number of rotatable bonds is 3. The fourth-order valence-corrected chi connectivity index (χ4v) is 1.72. The van der Waals surface area contributed by atoms with Crippen molar-refractivity contribution in [3.63, 3.8) is 0 Å². The van der Waals surface area contributed by atoms with E-state index in [0.29, 0.717) is 11.3 Å². The highest BCUT2D eigenvalue weighted by Crippen LogP contribution is 2.16. The molecule has 0 aromatic heterocycles. The predicted molar refractivity (Wildman–Crippen MR) is 71.2 cm³/mol. The fraction of sp³-hybridized carbons (Fsp3) is 0.133. The Morgan fingerprint density at radius 3 is 2.50 bits per heavy atom. The van der Waals surface area contributed by atoms with E-state index in [1.54, 1.807) is 30.3 Å². The molecule has 3 heteroatoms. The molecule has 3 nitrogen and oxygen atoms in total. The lowest BCUT2D eigenvalue weighted by Crippen LogP contribution is -2.20. The number of nitrogens with one attached hydrogen (secondary N) is 1. The third-order valence-electron chi connectivity index (χ3n) is 2.65. The molecule has 0 aliphatic carbocycles. The van der Waals surface area contributed by atoms with E-state index < -0.39 is 12.0 Å². The van der Waals surface area contributed by atoms with Crippen molar-refractivity contribution in [2.75, 3.05) is 5.32 Å². The highest BCUT2D eigenvalue weighted by Gasteiger charge is 2.16. The third kappa shape index (κ3) is 2.96. The van der Waals surface area contributed by atoms with Crippen LogP contribution in [0.2, 0.25) is 0 Å². The molecule has 0 aliphatic heterocycles. The molecule has 0 saturated heterocycles. The Hall–Kier alpha value is -2.13. The summed E-state index contributed by atoms with van der Waals surface area (Å²) in [7, 11) is 0. The van der Waals surface area contributed by atoms with E-state index >= 15 is 0 Å². The lowest BCUT2D eigenvalue weighted by molar-refractivity contribution is -0.124. The molecule has 1 amide bonds. The van der Waals surface area contributed by atoms with Crippen molar-refractivity contribution in [2.24, 2.45) is 0 Å². The van der Waals surface area contributed by atoms with Gasteiger partial charge in [-0.25, -0.2) is 0 Å². The number of aliphatic hydroxyl groups is 1. The lowest BCUT2D eigenvalue weighted by Gasteiger charge is -2.11. The minimum atomic E-state index is -1.15. The van der Waals surface area contributed by atoms with E-state index in [1.165, 1.54) is 0 Å². The van der Waals surface area contributed by atoms with Crippen LogP contribution in [0.15, 0.2) is 54.6 Å². The molecule has 0 saturated carbocycles. The van der Waals surface area contributed by atoms with Crippen molar-refractivity contribution in [2.45, 2.75) is 13.0 Å². The van der Waals surface area contributed by atoms with Gasteiger partial charge in [-0.15, -0.1) is 0 Å². The Kier molecular flexibility index (Phi) is 3.75. The van der Waals surface area contributed by atoms with Gasteiger partial charge in [0.25, 0.3) is 5.91 Å². The van der Waals surface area contributed by atoms with Gasteiger partial charge in [0.2, 0.25) is 0 Å². The van der Waals surface area contributed by atoms with Crippen molar-refractivity contribution in [3.05, 3.63) is 65.7 Å². The van der Waals surface area contributed by atoms with Gasteiger partial charge >= 0.3 is 0 Å². The van der Waals surface area contributed by atoms with Crippen LogP contribution in [0, 0.1) is 6.92 Å². The van der Waals surface area contributed by atoms with Gasteiger partial charge < -0.3 is 10.4 Å². The number of aliphatic hydroxyl groups excluding tert-OH is 1. The second-order valence-corrected chi connectivity index (χ2v) is 4.17. The number of hydrogen-bond acceptors (Lipinski definition) is 2. The Morgan fingerprint density at radius 2 is 1.83 bits per heavy atom. The highest BCUT2D eigenvalue weighted by molar-refractivity contribution is 5.94. The molecule has 0 spiro atoms. The number of carbonyl (C=O) groups is 1. The average molecular weight is 241 g/mol. The summed E-state index contributed by atoms with van der Waals surface area (Å²) < 4.78 is 0. The van der Waals surface area contributed by atoms with Crippen molar-refractivity contribution in [1.82, 2.24) is 0 Å². The SMILES string of the molecule is Cc1cccc(NC(=O)[C@H](O)c2ccccc2)c1. The molecule has 92 valence electrons. The third-order valence-corrected chi connectivity index (χ3v) is 2.65. The molecular formula is C15H15NO2. The molecule has 2 rings (SSSR count). The van der Waals surface area contributed by atoms with E-state index in [9.17, 15) is 9.90 Å². The zero-order valence-corrected chi connectivity index (χ0v) is 10.1. The Balaban J connectivity index is 2.09. The maximum Gasteiger partial charge on any atom is 0.257 e. The number of hydrogen-bond donors (Lipinski definition) is 2. The molecule has 2 aromatic rings. The van der Waals surface area contributed by atoms with Crippen molar-refractivity contribution in [3.8, 4) is 0 Å². The predicted octanol–water partition coefficient (Wildman–Crippen LogP) is 2.67. The largest absolute Gasteiger partial charge is 0.378 e. The maximum absolute atomic E-state index is 11.9. The first kappa shape index (κ1) is 12.3. The molecule has 2 N–H and O–H groups in total. The number of amides is 1. The van der Waals surface area contributed by atoms with Crippen LogP contribution >= 0.6 is 0 Å². The number of carbonyl (C=O) groups excluding carboxylic acids is 1. The summed E-state index contributed by atoms with van der Waals surface area (Å²) >= 11 is 0. The molecule has 1 atom stereocenters. The summed E-state index contributed by atoms with van der Waals surface area (Å²) in [6, 6.07) is 16.3. The normalized spacial score (nSPS) is 11.9. The van der Waals surface area contributed by atoms with Crippen LogP contribution in [0.5, 0.6) is 0 Å². The second-order valence-electron chi connectivity index (χ2n) is 4.17. The van der Waals surface area contributed by atoms with Crippen LogP contribution in [-0.4, -0.2) is 11.0 Å². The fourth-order valence-electron chi connectivity index (χ4n) is 1.72. The van der Waals surface area contributed by atoms with E-state index in [0.717, 1.165) is 5.56 Å². The summed E-state index contributed by atoms with van der Waals surface area (Å²) in [4.78, 5) is 11.9. The van der Waals surface area contributed by atoms with Gasteiger partial charge in [0.1, 0.15) is 0 Å². The maximum atomic E-state index is 11.9. The summed E-state index contributed by atoms with van der Waals surface area (Å²) in [5, 5.41) is 12.6. The zero-order chi connectivity index (χ0) is 13.0. The molecule has 0 heterocycles. The molecule has 0 aliphatic rings. The van der Waals surface area contributed by atoms with Crippen LogP contribution in [0.4, 0.5) is 5.69 Å². The minimum absolute atomic E-state index is 0.424. The first-order chi connectivity index (χ1) is 8.66. The monoisotopic (exact) mass is 241 g/mol. The zero-order valence-electron chi connectivity index (χ0n) is 10.1. The summed E-state index contributed by atoms with van der Waals surface area (Å²) in [5.41, 5.74) is 2.33. The Bertz CT molecular complexity index is 537. The Labute approximate surface area is 106 Å². The quantitative estimate of drug-likeness (QED) is 0.868. The smallest absolute Gasteiger partial charge is 0.257 e. The van der Waals surface area contributed by atoms with Crippen molar-refractivity contribution < 1.29 is 9.90 Å². The van der Waals surface area contributed by atoms with Crippen LogP contribution in [0.3, 0.4) is 0 Å². The number of aryl methyl sites for hydroxylation is 1. The van der Waals surface area contributed by atoms with Crippen LogP contribution in [-0.2, 0) is 4.79 Å². The van der Waals surface area contributed by atoms with Crippen molar-refractivity contribution in [1.29, 1.82) is 0 Å². The van der Waals surface area contributed by atoms with Gasteiger partial charge in [-0.2, -0.15) is 0 Å². The van der Waals surface area contributed by atoms with E-state index in [2.05, 4.69) is 5.32 Å². The standard InChI is InChI=1S/C15H15NO2/c1-11-6-5-9-13(10-11)16-15(18)14(17)12-7-3-2-4-8-12/h2-10,14,17H,1H3,(H,16,18)/t14-/m1/s1. The Morgan fingerprint density at radius 1 is 1.11 bits per heavy atom. The van der Waals surface area contributed by atoms with E-state index in [-0.39, 0.29) is 0 Å². The van der Waals surface area contributed by atoms with Crippen LogP contribution in [0.1, 0.15) is 17.2 Å². The van der Waals surface area contributed by atoms with Crippen LogP contribution < -0.4 is 5.32 Å². The van der Waals surface area contributed by atoms with Gasteiger partial charge in [0.15, 0.2) is 6.10 Å². The molecule has 0 bridgehead atoms. The molecule has 0 unspecified atom stereocenters. The first-order valence-electron chi connectivity index (χ1n) is 5.77. The van der Waals surface area contributed by atoms with E-state index in [1.807, 2.05) is 31.2 Å². The second kappa shape index (κ2) is 5.47. The van der Waals surface area contributed by atoms with E-state index in [4.69, 9.17) is 0 Å². The molecule has 18 heavy (non-hydrogen) atoms. The lowest BCUT2D eigenvalue weighted by atomic mass is 10.1. The minimum Gasteiger partial charge on any atom is -0.378 e. The molecular weight excluding hydrogens is 226 g/mol.